The maximum atomic E-state index is 15.0. The molecule has 0 saturated carbocycles. The topological polar surface area (TPSA) is 116 Å². The third kappa shape index (κ3) is 4.49. The van der Waals surface area contributed by atoms with Gasteiger partial charge in [-0.1, -0.05) is 20.8 Å². The first-order valence-electron chi connectivity index (χ1n) is 10.6. The summed E-state index contributed by atoms with van der Waals surface area (Å²) in [6.07, 6.45) is -0.0593. The van der Waals surface area contributed by atoms with Crippen molar-refractivity contribution in [3.05, 3.63) is 46.3 Å². The lowest BCUT2D eigenvalue weighted by Crippen LogP contribution is -2.16. The number of amidine groups is 1. The summed E-state index contributed by atoms with van der Waals surface area (Å²) in [4.78, 5) is 17.7. The molecule has 0 saturated heterocycles. The molecule has 9 heteroatoms. The highest BCUT2D eigenvalue weighted by Gasteiger charge is 2.33. The van der Waals surface area contributed by atoms with Crippen LogP contribution in [0.2, 0.25) is 0 Å². The van der Waals surface area contributed by atoms with Crippen LogP contribution in [0.1, 0.15) is 60.3 Å². The predicted molar refractivity (Wildman–Crippen MR) is 125 cm³/mol. The van der Waals surface area contributed by atoms with Gasteiger partial charge in [0.1, 0.15) is 11.9 Å². The summed E-state index contributed by atoms with van der Waals surface area (Å²) in [5.74, 6) is -0.0594. The lowest BCUT2D eigenvalue weighted by atomic mass is 9.84. The number of nitrogens with zero attached hydrogens (tertiary/aromatic N) is 2. The summed E-state index contributed by atoms with van der Waals surface area (Å²) in [7, 11) is 4.24. The summed E-state index contributed by atoms with van der Waals surface area (Å²) < 4.78 is 36.5. The van der Waals surface area contributed by atoms with Gasteiger partial charge in [-0.25, -0.2) is 4.39 Å². The summed E-state index contributed by atoms with van der Waals surface area (Å²) in [6.45, 7) is 5.74. The van der Waals surface area contributed by atoms with Crippen LogP contribution in [-0.2, 0) is 5.41 Å². The maximum absolute atomic E-state index is 15.0. The summed E-state index contributed by atoms with van der Waals surface area (Å²) in [5.41, 5.74) is 7.30. The van der Waals surface area contributed by atoms with Crippen LogP contribution in [-0.4, -0.2) is 39.6 Å². The normalized spacial score (nSPS) is 14.6. The van der Waals surface area contributed by atoms with E-state index in [0.717, 1.165) is 5.56 Å². The molecule has 1 atom stereocenters. The van der Waals surface area contributed by atoms with Crippen LogP contribution in [0.25, 0.3) is 0 Å². The fraction of sp³-hybridized carbons (Fsp3) is 0.400. The molecule has 8 nitrogen and oxygen atoms in total. The Labute approximate surface area is 198 Å². The van der Waals surface area contributed by atoms with Crippen molar-refractivity contribution >= 4 is 11.6 Å². The zero-order valence-electron chi connectivity index (χ0n) is 20.1. The molecule has 1 heterocycles. The summed E-state index contributed by atoms with van der Waals surface area (Å²) >= 11 is 0. The third-order valence-electron chi connectivity index (χ3n) is 5.61. The lowest BCUT2D eigenvalue weighted by molar-refractivity contribution is 0.0974. The van der Waals surface area contributed by atoms with E-state index >= 15 is 4.39 Å². The molecule has 2 aromatic rings. The molecule has 34 heavy (non-hydrogen) atoms. The minimum absolute atomic E-state index is 0.00518. The Hall–Kier alpha value is -3.80. The number of carbonyl (C=O) groups is 1. The van der Waals surface area contributed by atoms with Crippen LogP contribution in [0.3, 0.4) is 0 Å². The number of hydrogen-bond acceptors (Lipinski definition) is 8. The molecule has 1 unspecified atom stereocenters. The monoisotopic (exact) mass is 469 g/mol. The van der Waals surface area contributed by atoms with Crippen molar-refractivity contribution < 1.29 is 28.1 Å². The molecule has 0 aliphatic carbocycles. The standard InChI is InChI=1S/C25H28FN3O5/c1-25(2,3)15-9-13(10-19(22(15)32-5)34-8-7-27)17(30)12-16-14-11-18(31-4)23(33-6)21(26)20(14)24(28)29-16/h9-11,16H,8,12H2,1-6H3,(H2,28,29). The van der Waals surface area contributed by atoms with Crippen molar-refractivity contribution in [2.24, 2.45) is 10.7 Å². The van der Waals surface area contributed by atoms with E-state index < -0.39 is 11.9 Å². The minimum Gasteiger partial charge on any atom is -0.493 e. The van der Waals surface area contributed by atoms with Gasteiger partial charge >= 0.3 is 0 Å². The van der Waals surface area contributed by atoms with Crippen molar-refractivity contribution in [3.8, 4) is 29.1 Å². The van der Waals surface area contributed by atoms with Crippen LogP contribution in [0, 0.1) is 17.1 Å². The van der Waals surface area contributed by atoms with E-state index in [-0.39, 0.29) is 47.1 Å². The number of carbonyl (C=O) groups excluding carboxylic acids is 1. The third-order valence-corrected chi connectivity index (χ3v) is 5.61. The van der Waals surface area contributed by atoms with Crippen molar-refractivity contribution in [3.63, 3.8) is 0 Å². The molecule has 2 aromatic carbocycles. The van der Waals surface area contributed by atoms with Crippen LogP contribution in [0.4, 0.5) is 4.39 Å². The van der Waals surface area contributed by atoms with Crippen LogP contribution in [0.5, 0.6) is 23.0 Å². The molecular weight excluding hydrogens is 441 g/mol. The van der Waals surface area contributed by atoms with Crippen LogP contribution >= 0.6 is 0 Å². The maximum Gasteiger partial charge on any atom is 0.197 e. The molecule has 0 bridgehead atoms. The molecule has 0 aromatic heterocycles. The summed E-state index contributed by atoms with van der Waals surface area (Å²) in [5, 5.41) is 8.95. The number of Topliss-reactive ketones (excluding diaryl/α,β-unsaturated/α-hetero) is 1. The van der Waals surface area contributed by atoms with Gasteiger partial charge in [0.2, 0.25) is 0 Å². The van der Waals surface area contributed by atoms with Gasteiger partial charge in [0, 0.05) is 17.5 Å². The Bertz CT molecular complexity index is 1190. The number of benzene rings is 2. The molecule has 0 spiro atoms. The van der Waals surface area contributed by atoms with Gasteiger partial charge in [-0.05, 0) is 29.2 Å². The highest BCUT2D eigenvalue weighted by molar-refractivity contribution is 6.04. The zero-order chi connectivity index (χ0) is 25.2. The fourth-order valence-electron chi connectivity index (χ4n) is 3.99. The number of aliphatic imine (C=N–C) groups is 1. The van der Waals surface area contributed by atoms with Crippen molar-refractivity contribution in [2.45, 2.75) is 38.6 Å². The Morgan fingerprint density at radius 1 is 1.12 bits per heavy atom. The number of ketones is 1. The van der Waals surface area contributed by atoms with Gasteiger partial charge in [-0.2, -0.15) is 5.26 Å². The molecule has 0 radical (unpaired) electrons. The SMILES string of the molecule is COc1cc2c(c(F)c1OC)C(N)=NC2CC(=O)c1cc(OCC#N)c(OC)c(C(C)(C)C)c1. The Balaban J connectivity index is 2.03. The molecule has 180 valence electrons. The average Bonchev–Trinajstić information content (AvgIpc) is 3.10. The first kappa shape index (κ1) is 24.8. The Kier molecular flexibility index (Phi) is 7.01. The van der Waals surface area contributed by atoms with Gasteiger partial charge in [0.25, 0.3) is 0 Å². The highest BCUT2D eigenvalue weighted by Crippen LogP contribution is 2.43. The molecule has 0 fully saturated rings. The van der Waals surface area contributed by atoms with E-state index in [0.29, 0.717) is 22.6 Å². The second-order valence-electron chi connectivity index (χ2n) is 8.80. The first-order chi connectivity index (χ1) is 16.1. The van der Waals surface area contributed by atoms with E-state index in [4.69, 9.17) is 29.9 Å². The molecule has 0 amide bonds. The highest BCUT2D eigenvalue weighted by atomic mass is 19.1. The predicted octanol–water partition coefficient (Wildman–Crippen LogP) is 4.08. The number of hydrogen-bond donors (Lipinski definition) is 1. The van der Waals surface area contributed by atoms with Gasteiger partial charge in [0.15, 0.2) is 41.2 Å². The fourth-order valence-corrected chi connectivity index (χ4v) is 3.99. The van der Waals surface area contributed by atoms with E-state index in [1.54, 1.807) is 18.2 Å². The van der Waals surface area contributed by atoms with E-state index in [9.17, 15) is 4.79 Å². The average molecular weight is 470 g/mol. The Morgan fingerprint density at radius 3 is 2.35 bits per heavy atom. The number of nitriles is 1. The molecule has 3 rings (SSSR count). The number of fused-ring (bicyclic) bond motifs is 1. The molecule has 1 aliphatic heterocycles. The van der Waals surface area contributed by atoms with Crippen molar-refractivity contribution in [1.29, 1.82) is 5.26 Å². The first-order valence-corrected chi connectivity index (χ1v) is 10.6. The van der Waals surface area contributed by atoms with Gasteiger partial charge < -0.3 is 24.7 Å². The largest absolute Gasteiger partial charge is 0.493 e. The number of rotatable bonds is 8. The van der Waals surface area contributed by atoms with Crippen LogP contribution < -0.4 is 24.7 Å². The smallest absolute Gasteiger partial charge is 0.197 e. The van der Waals surface area contributed by atoms with Gasteiger partial charge in [-0.3, -0.25) is 9.79 Å². The summed E-state index contributed by atoms with van der Waals surface area (Å²) in [6, 6.07) is 6.12. The second kappa shape index (κ2) is 9.59. The van der Waals surface area contributed by atoms with Gasteiger partial charge in [-0.15, -0.1) is 0 Å². The van der Waals surface area contributed by atoms with Gasteiger partial charge in [0.05, 0.1) is 32.9 Å². The van der Waals surface area contributed by atoms with E-state index in [1.807, 2.05) is 26.8 Å². The molecule has 2 N–H and O–H groups in total. The number of halogens is 1. The van der Waals surface area contributed by atoms with Crippen molar-refractivity contribution in [2.75, 3.05) is 27.9 Å². The number of methoxy groups -OCH3 is 3. The number of nitrogens with two attached hydrogens (primary N) is 1. The Morgan fingerprint density at radius 2 is 1.79 bits per heavy atom. The van der Waals surface area contributed by atoms with Crippen LogP contribution in [0.15, 0.2) is 23.2 Å². The molecule has 1 aliphatic rings. The van der Waals surface area contributed by atoms with E-state index in [1.165, 1.54) is 21.3 Å². The van der Waals surface area contributed by atoms with E-state index in [2.05, 4.69) is 4.99 Å². The number of ether oxygens (including phenoxy) is 4. The second-order valence-corrected chi connectivity index (χ2v) is 8.80. The zero-order valence-corrected chi connectivity index (χ0v) is 20.1. The minimum atomic E-state index is -0.694. The quantitative estimate of drug-likeness (QED) is 0.579. The van der Waals surface area contributed by atoms with Crippen molar-refractivity contribution in [1.82, 2.24) is 0 Å². The lowest BCUT2D eigenvalue weighted by Gasteiger charge is -2.24. The molecular formula is C25H28FN3O5.